The molecule has 0 unspecified atom stereocenters. The highest BCUT2D eigenvalue weighted by atomic mass is 32.2. The summed E-state index contributed by atoms with van der Waals surface area (Å²) in [4.78, 5) is 0. The van der Waals surface area contributed by atoms with E-state index in [1.54, 1.807) is 0 Å². The summed E-state index contributed by atoms with van der Waals surface area (Å²) in [5, 5.41) is 0. The lowest BCUT2D eigenvalue weighted by molar-refractivity contribution is 0.706. The Morgan fingerprint density at radius 1 is 1.22 bits per heavy atom. The van der Waals surface area contributed by atoms with Crippen LogP contribution in [0.4, 0.5) is 0 Å². The van der Waals surface area contributed by atoms with Gasteiger partial charge < -0.3 is 0 Å². The lowest BCUT2D eigenvalue weighted by Gasteiger charge is -1.94. The summed E-state index contributed by atoms with van der Waals surface area (Å²) in [5.74, 6) is 2.34. The van der Waals surface area contributed by atoms with Gasteiger partial charge in [0.05, 0.1) is 6.92 Å². The van der Waals surface area contributed by atoms with Gasteiger partial charge in [0.15, 0.2) is 0 Å². The average molecular weight is 145 g/mol. The summed E-state index contributed by atoms with van der Waals surface area (Å²) in [5.41, 5.74) is 0. The Hall–Kier alpha value is 0.220. The maximum atomic E-state index is 3.77. The molecule has 0 saturated heterocycles. The smallest absolute Gasteiger partial charge is 0.114 e. The predicted molar refractivity (Wildman–Crippen MR) is 46.8 cm³/mol. The molecule has 0 aliphatic rings. The minimum absolute atomic E-state index is 1.03. The first-order chi connectivity index (χ1) is 4.41. The van der Waals surface area contributed by atoms with Gasteiger partial charge in [-0.25, -0.2) is 0 Å². The fourth-order valence-electron chi connectivity index (χ4n) is 0.733. The first kappa shape index (κ1) is 9.22. The third kappa shape index (κ3) is 8.22. The molecule has 0 aromatic rings. The molecule has 0 nitrogen and oxygen atoms in total. The van der Waals surface area contributed by atoms with Gasteiger partial charge in [0.25, 0.3) is 0 Å². The van der Waals surface area contributed by atoms with Gasteiger partial charge >= 0.3 is 0 Å². The molecule has 0 rings (SSSR count). The third-order valence-electron chi connectivity index (χ3n) is 1.29. The van der Waals surface area contributed by atoms with Gasteiger partial charge in [-0.15, -0.1) is 11.8 Å². The molecule has 0 radical (unpaired) electrons. The Labute approximate surface area is 63.4 Å². The van der Waals surface area contributed by atoms with E-state index in [0.717, 1.165) is 5.75 Å². The first-order valence-corrected chi connectivity index (χ1v) is 4.94. The second kappa shape index (κ2) is 8.22. The first-order valence-electron chi connectivity index (χ1n) is 3.78. The van der Waals surface area contributed by atoms with Crippen LogP contribution >= 0.6 is 11.8 Å². The van der Waals surface area contributed by atoms with Crippen molar-refractivity contribution in [2.45, 2.75) is 32.6 Å². The van der Waals surface area contributed by atoms with Gasteiger partial charge in [0, 0.05) is 0 Å². The van der Waals surface area contributed by atoms with Crippen LogP contribution in [0.15, 0.2) is 0 Å². The molecule has 0 amide bonds. The lowest BCUT2D eigenvalue weighted by atomic mass is 10.2. The van der Waals surface area contributed by atoms with Gasteiger partial charge in [-0.3, -0.25) is 0 Å². The lowest BCUT2D eigenvalue weighted by Crippen LogP contribution is -1.80. The Kier molecular flexibility index (Phi) is 8.42. The van der Waals surface area contributed by atoms with E-state index in [0.29, 0.717) is 0 Å². The van der Waals surface area contributed by atoms with Crippen molar-refractivity contribution in [3.05, 3.63) is 6.92 Å². The van der Waals surface area contributed by atoms with Crippen molar-refractivity contribution in [3.63, 3.8) is 0 Å². The number of rotatable bonds is 6. The monoisotopic (exact) mass is 145 g/mol. The Bertz CT molecular complexity index is 37.8. The number of hydrogen-bond acceptors (Lipinski definition) is 1. The fourth-order valence-corrected chi connectivity index (χ4v) is 1.35. The molecule has 0 saturated carbocycles. The summed E-state index contributed by atoms with van der Waals surface area (Å²) >= 11 is 1.95. The molecule has 0 bridgehead atoms. The van der Waals surface area contributed by atoms with Crippen LogP contribution in [-0.2, 0) is 0 Å². The van der Waals surface area contributed by atoms with Crippen molar-refractivity contribution in [1.82, 2.24) is 0 Å². The fraction of sp³-hybridized carbons (Fsp3) is 0.875. The van der Waals surface area contributed by atoms with Crippen molar-refractivity contribution >= 4 is 11.8 Å². The zero-order chi connectivity index (χ0) is 6.95. The molecule has 0 aromatic heterocycles. The molecule has 0 aliphatic carbocycles. The molecule has 0 N–H and O–H groups in total. The van der Waals surface area contributed by atoms with Gasteiger partial charge in [-0.1, -0.05) is 26.2 Å². The zero-order valence-corrected chi connectivity index (χ0v) is 7.17. The van der Waals surface area contributed by atoms with E-state index in [2.05, 4.69) is 13.8 Å². The molecular formula is C8H17S+. The van der Waals surface area contributed by atoms with Crippen LogP contribution in [0, 0.1) is 6.92 Å². The minimum atomic E-state index is 1.03. The van der Waals surface area contributed by atoms with E-state index < -0.39 is 0 Å². The van der Waals surface area contributed by atoms with Gasteiger partial charge in [0.1, 0.15) is 5.75 Å². The van der Waals surface area contributed by atoms with E-state index >= 15 is 0 Å². The van der Waals surface area contributed by atoms with E-state index in [1.807, 2.05) is 11.8 Å². The van der Waals surface area contributed by atoms with Crippen LogP contribution in [0.25, 0.3) is 0 Å². The predicted octanol–water partition coefficient (Wildman–Crippen LogP) is 3.13. The normalized spacial score (nSPS) is 9.89. The van der Waals surface area contributed by atoms with E-state index in [1.165, 1.54) is 31.4 Å². The van der Waals surface area contributed by atoms with Crippen LogP contribution in [-0.4, -0.2) is 11.5 Å². The van der Waals surface area contributed by atoms with Crippen LogP contribution in [0.3, 0.4) is 0 Å². The highest BCUT2D eigenvalue weighted by molar-refractivity contribution is 7.99. The van der Waals surface area contributed by atoms with Crippen LogP contribution in [0.2, 0.25) is 0 Å². The number of unbranched alkanes of at least 4 members (excludes halogenated alkanes) is 3. The quantitative estimate of drug-likeness (QED) is 0.409. The number of thioether (sulfide) groups is 1. The van der Waals surface area contributed by atoms with Gasteiger partial charge in [-0.2, -0.15) is 0 Å². The molecule has 9 heavy (non-hydrogen) atoms. The second-order valence-electron chi connectivity index (χ2n) is 2.17. The molecule has 54 valence electrons. The molecule has 0 heterocycles. The highest BCUT2D eigenvalue weighted by Crippen LogP contribution is 2.05. The molecule has 0 spiro atoms. The second-order valence-corrected chi connectivity index (χ2v) is 3.40. The molecule has 0 atom stereocenters. The zero-order valence-electron chi connectivity index (χ0n) is 6.36. The molecule has 1 heteroatoms. The van der Waals surface area contributed by atoms with Gasteiger partial charge in [-0.05, 0) is 12.2 Å². The van der Waals surface area contributed by atoms with Crippen LogP contribution < -0.4 is 0 Å². The van der Waals surface area contributed by atoms with Crippen molar-refractivity contribution in [2.24, 2.45) is 0 Å². The highest BCUT2D eigenvalue weighted by Gasteiger charge is 1.88. The molecular weight excluding hydrogens is 128 g/mol. The Balaban J connectivity index is 2.60. The maximum absolute atomic E-state index is 3.77. The van der Waals surface area contributed by atoms with E-state index in [4.69, 9.17) is 0 Å². The summed E-state index contributed by atoms with van der Waals surface area (Å²) in [6, 6.07) is 0. The molecule has 0 aliphatic heterocycles. The third-order valence-corrected chi connectivity index (χ3v) is 2.15. The van der Waals surface area contributed by atoms with Crippen LogP contribution in [0.5, 0.6) is 0 Å². The summed E-state index contributed by atoms with van der Waals surface area (Å²) in [6.07, 6.45) is 5.53. The van der Waals surface area contributed by atoms with E-state index in [-0.39, 0.29) is 0 Å². The number of hydrogen-bond donors (Lipinski definition) is 0. The average Bonchev–Trinajstić information content (AvgIpc) is 1.89. The SMILES string of the molecule is [CH2+]CSCCCCCC. The maximum Gasteiger partial charge on any atom is 0.130 e. The van der Waals surface area contributed by atoms with Crippen molar-refractivity contribution < 1.29 is 0 Å². The van der Waals surface area contributed by atoms with Crippen LogP contribution in [0.1, 0.15) is 32.6 Å². The standard InChI is InChI=1S/C8H17S/c1-3-5-6-7-8-9-4-2/h2-8H2,1H3/q+1. The van der Waals surface area contributed by atoms with Crippen molar-refractivity contribution in [1.29, 1.82) is 0 Å². The van der Waals surface area contributed by atoms with Crippen molar-refractivity contribution in [2.75, 3.05) is 11.5 Å². The van der Waals surface area contributed by atoms with Crippen molar-refractivity contribution in [3.8, 4) is 0 Å². The summed E-state index contributed by atoms with van der Waals surface area (Å²) < 4.78 is 0. The molecule has 0 aromatic carbocycles. The van der Waals surface area contributed by atoms with Gasteiger partial charge in [0.2, 0.25) is 0 Å². The summed E-state index contributed by atoms with van der Waals surface area (Å²) in [6.45, 7) is 6.01. The largest absolute Gasteiger partial charge is 0.130 e. The minimum Gasteiger partial charge on any atom is -0.114 e. The van der Waals surface area contributed by atoms with E-state index in [9.17, 15) is 0 Å². The summed E-state index contributed by atoms with van der Waals surface area (Å²) in [7, 11) is 0. The Morgan fingerprint density at radius 2 is 2.00 bits per heavy atom. The molecule has 0 fully saturated rings. The topological polar surface area (TPSA) is 0 Å². The Morgan fingerprint density at radius 3 is 2.56 bits per heavy atom.